The van der Waals surface area contributed by atoms with Crippen LogP contribution in [0.5, 0.6) is 0 Å². The molecule has 11 heteroatoms. The van der Waals surface area contributed by atoms with E-state index in [1.165, 1.54) is 13.0 Å². The summed E-state index contributed by atoms with van der Waals surface area (Å²) in [4.78, 5) is 38.4. The molecule has 0 saturated carbocycles. The van der Waals surface area contributed by atoms with Crippen molar-refractivity contribution in [1.29, 1.82) is 0 Å². The second kappa shape index (κ2) is 5.63. The third-order valence-corrected chi connectivity index (χ3v) is 3.12. The number of carboxylic acid groups (broad SMARTS) is 1. The fraction of sp³-hybridized carbons (Fsp3) is 0.500. The van der Waals surface area contributed by atoms with Gasteiger partial charge in [0.05, 0.1) is 6.54 Å². The number of hydrogen-bond donors (Lipinski definition) is 2. The first-order chi connectivity index (χ1) is 9.15. The number of primary amides is 1. The van der Waals surface area contributed by atoms with Crippen molar-refractivity contribution in [2.75, 3.05) is 6.54 Å². The predicted molar refractivity (Wildman–Crippen MR) is 65.3 cm³/mol. The van der Waals surface area contributed by atoms with Gasteiger partial charge in [-0.25, -0.2) is 9.59 Å². The molecule has 3 N–H and O–H groups in total. The molecule has 1 fully saturated rings. The van der Waals surface area contributed by atoms with E-state index in [0.29, 0.717) is 5.57 Å². The summed E-state index contributed by atoms with van der Waals surface area (Å²) in [7, 11) is 0. The first kappa shape index (κ1) is 17.4. The molecule has 0 radical (unpaired) electrons. The van der Waals surface area contributed by atoms with E-state index in [1.54, 1.807) is 0 Å². The molecule has 112 valence electrons. The number of halogens is 2. The third-order valence-electron chi connectivity index (χ3n) is 3.12. The number of alkyl halides is 2. The zero-order chi connectivity index (χ0) is 15.2. The number of carbonyl (C=O) groups is 3. The summed E-state index contributed by atoms with van der Waals surface area (Å²) in [6.07, 6.45) is -3.19. The number of urea groups is 1. The summed E-state index contributed by atoms with van der Waals surface area (Å²) in [6, 6.07) is -2.98. The van der Waals surface area contributed by atoms with Crippen LogP contribution >= 0.6 is 0 Å². The number of nitrogens with two attached hydrogens (primary N) is 1. The monoisotopic (exact) mass is 299 g/mol. The molecular formula is C10H12F2LiN3O5. The van der Waals surface area contributed by atoms with Gasteiger partial charge < -0.3 is 15.7 Å². The van der Waals surface area contributed by atoms with Crippen molar-refractivity contribution < 1.29 is 33.1 Å². The van der Waals surface area contributed by atoms with Crippen LogP contribution in [0.2, 0.25) is 0 Å². The van der Waals surface area contributed by atoms with Crippen LogP contribution in [0.25, 0.3) is 0 Å². The third kappa shape index (κ3) is 2.88. The quantitative estimate of drug-likeness (QED) is 0.503. The zero-order valence-electron chi connectivity index (χ0n) is 10.2. The molecule has 8 nitrogen and oxygen atoms in total. The van der Waals surface area contributed by atoms with Gasteiger partial charge in [-0.05, 0) is 12.5 Å². The molecule has 2 aliphatic rings. The molecule has 21 heavy (non-hydrogen) atoms. The Hall–Kier alpha value is -1.63. The summed E-state index contributed by atoms with van der Waals surface area (Å²) in [5.41, 5.74) is 5.53. The molecule has 3 amide bonds. The fourth-order valence-corrected chi connectivity index (χ4v) is 2.11. The van der Waals surface area contributed by atoms with Crippen molar-refractivity contribution in [2.45, 2.75) is 25.1 Å². The molecule has 0 aromatic carbocycles. The van der Waals surface area contributed by atoms with Crippen molar-refractivity contribution in [1.82, 2.24) is 9.96 Å². The van der Waals surface area contributed by atoms with Crippen molar-refractivity contribution in [3.05, 3.63) is 11.6 Å². The molecule has 2 aliphatic heterocycles. The summed E-state index contributed by atoms with van der Waals surface area (Å²) in [5.74, 6) is -3.34. The van der Waals surface area contributed by atoms with Crippen LogP contribution < -0.4 is 5.73 Å². The topological polar surface area (TPSA) is 113 Å². The van der Waals surface area contributed by atoms with Gasteiger partial charge in [0.15, 0.2) is 0 Å². The molecule has 2 bridgehead atoms. The molecule has 2 heterocycles. The van der Waals surface area contributed by atoms with Gasteiger partial charge in [-0.3, -0.25) is 4.79 Å². The van der Waals surface area contributed by atoms with Gasteiger partial charge in [-0.15, -0.1) is 0 Å². The van der Waals surface area contributed by atoms with E-state index in [4.69, 9.17) is 10.8 Å². The molecule has 0 aliphatic carbocycles. The minimum atomic E-state index is -4.54. The van der Waals surface area contributed by atoms with Gasteiger partial charge in [-0.1, -0.05) is 6.08 Å². The van der Waals surface area contributed by atoms with E-state index < -0.39 is 36.1 Å². The molecule has 1 saturated heterocycles. The van der Waals surface area contributed by atoms with Crippen molar-refractivity contribution in [3.8, 4) is 0 Å². The molecule has 0 aromatic heterocycles. The fourth-order valence-electron chi connectivity index (χ4n) is 2.11. The maximum absolute atomic E-state index is 13.1. The summed E-state index contributed by atoms with van der Waals surface area (Å²) in [6.45, 7) is 1.43. The van der Waals surface area contributed by atoms with Crippen LogP contribution in [0.1, 0.15) is 6.92 Å². The van der Waals surface area contributed by atoms with E-state index in [9.17, 15) is 23.2 Å². The average Bonchev–Trinajstić information content (AvgIpc) is 2.59. The van der Waals surface area contributed by atoms with Crippen LogP contribution in [0.15, 0.2) is 11.6 Å². The number of rotatable bonds is 4. The van der Waals surface area contributed by atoms with E-state index >= 15 is 0 Å². The molecule has 2 rings (SSSR count). The number of carbonyl (C=O) groups excluding carboxylic acids is 2. The van der Waals surface area contributed by atoms with Crippen molar-refractivity contribution in [3.63, 3.8) is 0 Å². The van der Waals surface area contributed by atoms with Crippen molar-refractivity contribution >= 4 is 36.8 Å². The number of carboxylic acids is 1. The molecule has 2 atom stereocenters. The van der Waals surface area contributed by atoms with Crippen LogP contribution in [0.4, 0.5) is 13.6 Å². The normalized spacial score (nSPS) is 24.5. The van der Waals surface area contributed by atoms with E-state index in [1.807, 2.05) is 0 Å². The Morgan fingerprint density at radius 1 is 1.52 bits per heavy atom. The van der Waals surface area contributed by atoms with Crippen LogP contribution in [0, 0.1) is 0 Å². The number of amides is 3. The van der Waals surface area contributed by atoms with E-state index in [2.05, 4.69) is 4.84 Å². The SMILES string of the molecule is CC1=C[C@@H](C(N)=O)N2C[C@@H]1N(OC(F)(F)C(=O)O)C2=O.[LiH]. The number of hydroxylamine groups is 2. The number of nitrogens with zero attached hydrogens (tertiary/aromatic N) is 2. The Labute approximate surface area is 129 Å². The number of hydrogen-bond acceptors (Lipinski definition) is 4. The summed E-state index contributed by atoms with van der Waals surface area (Å²) < 4.78 is 26.1. The molecule has 0 spiro atoms. The zero-order valence-corrected chi connectivity index (χ0v) is 10.2. The molecular weight excluding hydrogens is 287 g/mol. The first-order valence-corrected chi connectivity index (χ1v) is 5.53. The van der Waals surface area contributed by atoms with Gasteiger partial charge in [0.2, 0.25) is 5.91 Å². The Balaban J connectivity index is 0.00000220. The average molecular weight is 299 g/mol. The minimum absolute atomic E-state index is 0. The number of aliphatic carboxylic acids is 1. The van der Waals surface area contributed by atoms with Gasteiger partial charge in [-0.2, -0.15) is 18.7 Å². The standard InChI is InChI=1S/C10H11F2N3O5.Li.H/c1-4-2-5(7(13)16)14-3-6(4)15(9(14)19)20-10(11,12)8(17)18;;/h2,5-6H,3H2,1H3,(H2,13,16)(H,17,18);;/t5-,6-;;/m0../s1. The van der Waals surface area contributed by atoms with Crippen LogP contribution in [0.3, 0.4) is 0 Å². The molecule has 0 unspecified atom stereocenters. The summed E-state index contributed by atoms with van der Waals surface area (Å²) in [5, 5.41) is 8.59. The van der Waals surface area contributed by atoms with Crippen LogP contribution in [-0.2, 0) is 14.4 Å². The van der Waals surface area contributed by atoms with Gasteiger partial charge in [0.1, 0.15) is 12.1 Å². The van der Waals surface area contributed by atoms with Gasteiger partial charge in [0, 0.05) is 0 Å². The van der Waals surface area contributed by atoms with Crippen LogP contribution in [-0.4, -0.2) is 76.6 Å². The Morgan fingerprint density at radius 3 is 2.57 bits per heavy atom. The Bertz CT molecular complexity index is 527. The van der Waals surface area contributed by atoms with Crippen molar-refractivity contribution in [2.24, 2.45) is 5.73 Å². The van der Waals surface area contributed by atoms with E-state index in [-0.39, 0.29) is 30.5 Å². The van der Waals surface area contributed by atoms with Gasteiger partial charge in [0.25, 0.3) is 0 Å². The van der Waals surface area contributed by atoms with Gasteiger partial charge >= 0.3 is 37.0 Å². The molecule has 0 aromatic rings. The summed E-state index contributed by atoms with van der Waals surface area (Å²) >= 11 is 0. The Morgan fingerprint density at radius 2 is 2.10 bits per heavy atom. The maximum atomic E-state index is 13.1. The van der Waals surface area contributed by atoms with E-state index in [0.717, 1.165) is 4.90 Å². The predicted octanol–water partition coefficient (Wildman–Crippen LogP) is -1.13. The number of fused-ring (bicyclic) bond motifs is 2. The first-order valence-electron chi connectivity index (χ1n) is 5.53. The Kier molecular flexibility index (Phi) is 4.67. The second-order valence-electron chi connectivity index (χ2n) is 4.45. The second-order valence-corrected chi connectivity index (χ2v) is 4.45.